The number of carbonyl (C=O) groups is 1. The van der Waals surface area contributed by atoms with Crippen LogP contribution in [-0.4, -0.2) is 52.8 Å². The van der Waals surface area contributed by atoms with Crippen LogP contribution in [0, 0.1) is 17.8 Å². The summed E-state index contributed by atoms with van der Waals surface area (Å²) >= 11 is 0. The Balaban J connectivity index is 1.03. The summed E-state index contributed by atoms with van der Waals surface area (Å²) in [4.78, 5) is 20.1. The summed E-state index contributed by atoms with van der Waals surface area (Å²) in [6.45, 7) is 1.64. The van der Waals surface area contributed by atoms with Crippen LogP contribution in [0.3, 0.4) is 0 Å². The van der Waals surface area contributed by atoms with Gasteiger partial charge in [0.05, 0.1) is 18.8 Å². The van der Waals surface area contributed by atoms with Crippen LogP contribution in [0.1, 0.15) is 79.7 Å². The molecule has 5 fully saturated rings. The van der Waals surface area contributed by atoms with E-state index in [1.165, 1.54) is 19.3 Å². The number of benzene rings is 2. The lowest BCUT2D eigenvalue weighted by molar-refractivity contribution is -0.252. The SMILES string of the molecule is CN(CCc1ccccn1)C[C@@H]1C[C@H](c2ccc(CO)cc2)O[C@H](c2cccc(NC(=O)NC34CC5CC(CC(C5)C3)C4)c2)O1. The molecule has 4 saturated carbocycles. The van der Waals surface area contributed by atoms with Crippen LogP contribution in [0.15, 0.2) is 72.9 Å². The molecule has 4 aliphatic carbocycles. The first-order valence-electron chi connectivity index (χ1n) is 16.7. The monoisotopic (exact) mass is 610 g/mol. The van der Waals surface area contributed by atoms with Gasteiger partial charge in [0, 0.05) is 54.6 Å². The number of rotatable bonds is 10. The minimum absolute atomic E-state index is 0.0114. The highest BCUT2D eigenvalue weighted by Crippen LogP contribution is 2.55. The summed E-state index contributed by atoms with van der Waals surface area (Å²) in [6.07, 6.45) is 10.0. The maximum absolute atomic E-state index is 13.3. The number of anilines is 1. The zero-order valence-corrected chi connectivity index (χ0v) is 26.2. The molecule has 238 valence electrons. The lowest BCUT2D eigenvalue weighted by atomic mass is 9.53. The number of ether oxygens (including phenoxy) is 2. The Kier molecular flexibility index (Phi) is 8.91. The first-order chi connectivity index (χ1) is 21.9. The Bertz CT molecular complexity index is 1410. The van der Waals surface area contributed by atoms with E-state index in [9.17, 15) is 9.90 Å². The molecule has 4 bridgehead atoms. The summed E-state index contributed by atoms with van der Waals surface area (Å²) < 4.78 is 13.2. The molecule has 8 nitrogen and oxygen atoms in total. The maximum Gasteiger partial charge on any atom is 0.319 e. The highest BCUT2D eigenvalue weighted by molar-refractivity contribution is 5.90. The molecular formula is C37H46N4O4. The van der Waals surface area contributed by atoms with Gasteiger partial charge < -0.3 is 30.1 Å². The van der Waals surface area contributed by atoms with E-state index in [1.807, 2.05) is 66.9 Å². The molecular weight excluding hydrogens is 564 g/mol. The van der Waals surface area contributed by atoms with E-state index < -0.39 is 6.29 Å². The normalized spacial score (nSPS) is 30.4. The molecule has 1 saturated heterocycles. The van der Waals surface area contributed by atoms with Crippen molar-refractivity contribution in [3.8, 4) is 0 Å². The van der Waals surface area contributed by atoms with E-state index in [2.05, 4.69) is 33.6 Å². The molecule has 3 atom stereocenters. The van der Waals surface area contributed by atoms with Crippen molar-refractivity contribution >= 4 is 11.7 Å². The summed E-state index contributed by atoms with van der Waals surface area (Å²) in [5, 5.41) is 16.1. The van der Waals surface area contributed by atoms with E-state index in [0.717, 1.165) is 84.6 Å². The first kappa shape index (κ1) is 30.4. The number of carbonyl (C=O) groups excluding carboxylic acids is 1. The van der Waals surface area contributed by atoms with Gasteiger partial charge in [-0.1, -0.05) is 42.5 Å². The average Bonchev–Trinajstić information content (AvgIpc) is 3.03. The topological polar surface area (TPSA) is 96.0 Å². The van der Waals surface area contributed by atoms with Crippen molar-refractivity contribution in [3.63, 3.8) is 0 Å². The van der Waals surface area contributed by atoms with Gasteiger partial charge in [0.25, 0.3) is 0 Å². The van der Waals surface area contributed by atoms with Gasteiger partial charge >= 0.3 is 6.03 Å². The van der Waals surface area contributed by atoms with Crippen molar-refractivity contribution in [1.29, 1.82) is 0 Å². The largest absolute Gasteiger partial charge is 0.392 e. The Morgan fingerprint density at radius 3 is 2.38 bits per heavy atom. The predicted molar refractivity (Wildman–Crippen MR) is 173 cm³/mol. The van der Waals surface area contributed by atoms with Gasteiger partial charge in [0.1, 0.15) is 0 Å². The first-order valence-corrected chi connectivity index (χ1v) is 16.7. The zero-order chi connectivity index (χ0) is 30.8. The molecule has 0 radical (unpaired) electrons. The van der Waals surface area contributed by atoms with E-state index in [-0.39, 0.29) is 30.4 Å². The maximum atomic E-state index is 13.3. The predicted octanol–water partition coefficient (Wildman–Crippen LogP) is 6.38. The number of aromatic nitrogens is 1. The minimum Gasteiger partial charge on any atom is -0.392 e. The van der Waals surface area contributed by atoms with Gasteiger partial charge in [-0.05, 0) is 98.7 Å². The Morgan fingerprint density at radius 1 is 0.933 bits per heavy atom. The van der Waals surface area contributed by atoms with Gasteiger partial charge in [-0.3, -0.25) is 4.98 Å². The summed E-state index contributed by atoms with van der Waals surface area (Å²) in [5.41, 5.74) is 4.58. The zero-order valence-electron chi connectivity index (χ0n) is 26.2. The Labute approximate surface area is 266 Å². The fourth-order valence-corrected chi connectivity index (χ4v) is 8.75. The van der Waals surface area contributed by atoms with Gasteiger partial charge in [0.2, 0.25) is 0 Å². The second-order valence-corrected chi connectivity index (χ2v) is 14.1. The Hall–Kier alpha value is -3.30. The van der Waals surface area contributed by atoms with Crippen molar-refractivity contribution in [2.24, 2.45) is 17.8 Å². The fourth-order valence-electron chi connectivity index (χ4n) is 8.75. The van der Waals surface area contributed by atoms with E-state index in [4.69, 9.17) is 9.47 Å². The summed E-state index contributed by atoms with van der Waals surface area (Å²) in [6, 6.07) is 21.7. The summed E-state index contributed by atoms with van der Waals surface area (Å²) in [5.74, 6) is 2.32. The standard InChI is InChI=1S/C37H46N4O4/c1-41(14-12-31-6-2-3-13-38-31)23-33-19-34(29-10-8-25(24-42)9-11-29)45-35(44-33)30-5-4-7-32(18-30)39-36(43)40-37-20-26-15-27(21-37)17-28(16-26)22-37/h2-11,13,18,26-28,33-35,42H,12,14-17,19-24H2,1H3,(H2,39,40,43)/t26?,27?,28?,33-,34+,35+,37?/m0/s1. The molecule has 2 aromatic carbocycles. The van der Waals surface area contributed by atoms with Crippen LogP contribution in [0.2, 0.25) is 0 Å². The minimum atomic E-state index is -0.580. The number of nitrogens with one attached hydrogen (secondary N) is 2. The van der Waals surface area contributed by atoms with Crippen molar-refractivity contribution in [1.82, 2.24) is 15.2 Å². The highest BCUT2D eigenvalue weighted by Gasteiger charge is 2.51. The molecule has 8 rings (SSSR count). The van der Waals surface area contributed by atoms with Crippen LogP contribution in [-0.2, 0) is 22.5 Å². The fraction of sp³-hybridized carbons (Fsp3) is 0.514. The molecule has 45 heavy (non-hydrogen) atoms. The van der Waals surface area contributed by atoms with E-state index >= 15 is 0 Å². The molecule has 0 spiro atoms. The van der Waals surface area contributed by atoms with Crippen LogP contribution in [0.4, 0.5) is 10.5 Å². The molecule has 1 aromatic heterocycles. The number of aliphatic hydroxyl groups excluding tert-OH is 1. The number of urea groups is 1. The van der Waals surface area contributed by atoms with Crippen LogP contribution in [0.5, 0.6) is 0 Å². The van der Waals surface area contributed by atoms with Crippen LogP contribution >= 0.6 is 0 Å². The second kappa shape index (κ2) is 13.2. The lowest BCUT2D eigenvalue weighted by Gasteiger charge is -2.56. The van der Waals surface area contributed by atoms with Gasteiger partial charge in [-0.15, -0.1) is 0 Å². The highest BCUT2D eigenvalue weighted by atomic mass is 16.7. The molecule has 3 aromatic rings. The van der Waals surface area contributed by atoms with Crippen molar-refractivity contribution in [2.75, 3.05) is 25.5 Å². The quantitative estimate of drug-likeness (QED) is 0.247. The van der Waals surface area contributed by atoms with Crippen molar-refractivity contribution in [2.45, 2.75) is 82.0 Å². The van der Waals surface area contributed by atoms with Crippen molar-refractivity contribution in [3.05, 3.63) is 95.3 Å². The van der Waals surface area contributed by atoms with Gasteiger partial charge in [0.15, 0.2) is 6.29 Å². The number of hydrogen-bond acceptors (Lipinski definition) is 6. The number of pyridine rings is 1. The third kappa shape index (κ3) is 7.25. The van der Waals surface area contributed by atoms with E-state index in [1.54, 1.807) is 0 Å². The smallest absolute Gasteiger partial charge is 0.319 e. The third-order valence-corrected chi connectivity index (χ3v) is 10.4. The number of likely N-dealkylation sites (N-methyl/N-ethyl adjacent to an activating group) is 1. The van der Waals surface area contributed by atoms with Crippen molar-refractivity contribution < 1.29 is 19.4 Å². The molecule has 5 aliphatic rings. The summed E-state index contributed by atoms with van der Waals surface area (Å²) in [7, 11) is 2.12. The molecule has 8 heteroatoms. The molecule has 3 N–H and O–H groups in total. The molecule has 2 amide bonds. The van der Waals surface area contributed by atoms with Gasteiger partial charge in [-0.2, -0.15) is 0 Å². The number of aliphatic hydroxyl groups is 1. The molecule has 1 aliphatic heterocycles. The average molecular weight is 611 g/mol. The third-order valence-electron chi connectivity index (χ3n) is 10.4. The number of amides is 2. The van der Waals surface area contributed by atoms with E-state index in [0.29, 0.717) is 6.42 Å². The van der Waals surface area contributed by atoms with Gasteiger partial charge in [-0.25, -0.2) is 4.79 Å². The molecule has 0 unspecified atom stereocenters. The van der Waals surface area contributed by atoms with Crippen LogP contribution < -0.4 is 10.6 Å². The van der Waals surface area contributed by atoms with Crippen LogP contribution in [0.25, 0.3) is 0 Å². The lowest BCUT2D eigenvalue weighted by Crippen LogP contribution is -2.60. The molecule has 2 heterocycles. The number of nitrogens with zero attached hydrogens (tertiary/aromatic N) is 2. The Morgan fingerprint density at radius 2 is 1.69 bits per heavy atom. The number of hydrogen-bond donors (Lipinski definition) is 3. The second-order valence-electron chi connectivity index (χ2n) is 14.1.